The van der Waals surface area contributed by atoms with Crippen LogP contribution in [0.25, 0.3) is 10.9 Å². The van der Waals surface area contributed by atoms with Gasteiger partial charge >= 0.3 is 6.09 Å². The number of rotatable bonds is 3. The quantitative estimate of drug-likeness (QED) is 0.485. The Morgan fingerprint density at radius 2 is 1.78 bits per heavy atom. The summed E-state index contributed by atoms with van der Waals surface area (Å²) in [6.45, 7) is 6.69. The van der Waals surface area contributed by atoms with Gasteiger partial charge in [0.25, 0.3) is 5.56 Å². The second kappa shape index (κ2) is 9.14. The van der Waals surface area contributed by atoms with Crippen molar-refractivity contribution in [1.29, 1.82) is 5.26 Å². The van der Waals surface area contributed by atoms with Crippen LogP contribution >= 0.6 is 0 Å². The third-order valence-corrected chi connectivity index (χ3v) is 6.92. The number of carbonyl (C=O) groups is 1. The number of nitriles is 1. The zero-order chi connectivity index (χ0) is 26.5. The molecule has 1 saturated carbocycles. The fraction of sp³-hybridized carbons (Fsp3) is 0.407. The average molecular weight is 509 g/mol. The highest BCUT2D eigenvalue weighted by molar-refractivity contribution is 5.79. The van der Waals surface area contributed by atoms with Crippen molar-refractivity contribution in [1.82, 2.24) is 14.5 Å². The van der Waals surface area contributed by atoms with Crippen molar-refractivity contribution in [3.8, 4) is 17.6 Å². The van der Waals surface area contributed by atoms with Crippen LogP contribution in [0.3, 0.4) is 0 Å². The molecule has 0 radical (unpaired) electrons. The molecule has 8 nitrogen and oxygen atoms in total. The minimum Gasteiger partial charge on any atom is -0.453 e. The molecule has 0 N–H and O–H groups in total. The normalized spacial score (nSPS) is 21.1. The molecule has 192 valence electrons. The first-order chi connectivity index (χ1) is 17.5. The van der Waals surface area contributed by atoms with Gasteiger partial charge in [-0.15, -0.1) is 0 Å². The molecule has 5 rings (SSSR count). The van der Waals surface area contributed by atoms with Gasteiger partial charge in [0, 0.05) is 19.1 Å². The van der Waals surface area contributed by atoms with E-state index >= 15 is 0 Å². The maximum absolute atomic E-state index is 14.3. The summed E-state index contributed by atoms with van der Waals surface area (Å²) in [4.78, 5) is 32.0. The molecule has 2 aliphatic rings. The molecule has 1 aromatic heterocycles. The Morgan fingerprint density at radius 3 is 2.43 bits per heavy atom. The molecule has 2 atom stereocenters. The molecule has 1 amide bonds. The molecular formula is C27H26F2N4O4. The van der Waals surface area contributed by atoms with Gasteiger partial charge in [-0.1, -0.05) is 0 Å². The van der Waals surface area contributed by atoms with E-state index in [0.717, 1.165) is 25.0 Å². The van der Waals surface area contributed by atoms with Crippen molar-refractivity contribution in [2.75, 3.05) is 13.1 Å². The number of halogens is 2. The molecular weight excluding hydrogens is 482 g/mol. The van der Waals surface area contributed by atoms with Crippen LogP contribution in [0.2, 0.25) is 0 Å². The lowest BCUT2D eigenvalue weighted by molar-refractivity contribution is 0.0278. The van der Waals surface area contributed by atoms with E-state index in [4.69, 9.17) is 9.47 Å². The second-order valence-electron chi connectivity index (χ2n) is 10.6. The molecule has 0 spiro atoms. The molecule has 2 fully saturated rings. The predicted molar refractivity (Wildman–Crippen MR) is 130 cm³/mol. The zero-order valence-electron chi connectivity index (χ0n) is 20.7. The van der Waals surface area contributed by atoms with Gasteiger partial charge in [0.1, 0.15) is 28.8 Å². The van der Waals surface area contributed by atoms with Gasteiger partial charge in [-0.05, 0) is 75.8 Å². The number of hydrogen-bond acceptors (Lipinski definition) is 6. The summed E-state index contributed by atoms with van der Waals surface area (Å²) in [6.07, 6.45) is 2.67. The smallest absolute Gasteiger partial charge is 0.410 e. The standard InChI is InChI=1S/C27H26F2N4O4/c1-27(2,3)37-26(35)32-12-15-8-17(9-16(15)13-32)33-14-31-23-7-4-18(10-19(23)25(33)34)36-24-20(11-30)21(28)5-6-22(24)29/h4-7,10,14-17H,8-9,12-13H2,1-3H3. The molecule has 1 aliphatic carbocycles. The molecule has 2 aromatic carbocycles. The van der Waals surface area contributed by atoms with Crippen molar-refractivity contribution in [2.45, 2.75) is 45.3 Å². The summed E-state index contributed by atoms with van der Waals surface area (Å²) in [6, 6.07) is 7.73. The summed E-state index contributed by atoms with van der Waals surface area (Å²) in [7, 11) is 0. The first kappa shape index (κ1) is 24.7. The van der Waals surface area contributed by atoms with Crippen molar-refractivity contribution < 1.29 is 23.0 Å². The second-order valence-corrected chi connectivity index (χ2v) is 10.6. The number of ether oxygens (including phenoxy) is 2. The summed E-state index contributed by atoms with van der Waals surface area (Å²) in [5.74, 6) is -1.73. The molecule has 10 heteroatoms. The van der Waals surface area contributed by atoms with Gasteiger partial charge in [-0.25, -0.2) is 18.6 Å². The highest BCUT2D eigenvalue weighted by atomic mass is 19.1. The van der Waals surface area contributed by atoms with Gasteiger partial charge in [-0.2, -0.15) is 5.26 Å². The molecule has 0 bridgehead atoms. The van der Waals surface area contributed by atoms with Crippen molar-refractivity contribution in [3.05, 3.63) is 64.2 Å². The van der Waals surface area contributed by atoms with Crippen molar-refractivity contribution in [2.24, 2.45) is 11.8 Å². The topological polar surface area (TPSA) is 97.4 Å². The van der Waals surface area contributed by atoms with Crippen LogP contribution < -0.4 is 10.3 Å². The van der Waals surface area contributed by atoms with Gasteiger partial charge in [0.05, 0.1) is 17.2 Å². The monoisotopic (exact) mass is 508 g/mol. The number of aromatic nitrogens is 2. The molecule has 1 aliphatic heterocycles. The summed E-state index contributed by atoms with van der Waals surface area (Å²) < 4.78 is 40.8. The predicted octanol–water partition coefficient (Wildman–Crippen LogP) is 5.16. The van der Waals surface area contributed by atoms with E-state index < -0.39 is 28.5 Å². The number of likely N-dealkylation sites (tertiary alicyclic amines) is 1. The number of hydrogen-bond donors (Lipinski definition) is 0. The van der Waals surface area contributed by atoms with Crippen molar-refractivity contribution >= 4 is 17.0 Å². The van der Waals surface area contributed by atoms with E-state index in [-0.39, 0.29) is 40.7 Å². The maximum atomic E-state index is 14.3. The first-order valence-electron chi connectivity index (χ1n) is 12.1. The Balaban J connectivity index is 1.37. The van der Waals surface area contributed by atoms with E-state index in [1.54, 1.807) is 21.6 Å². The van der Waals surface area contributed by atoms with E-state index in [1.807, 2.05) is 20.8 Å². The number of nitrogens with zero attached hydrogens (tertiary/aromatic N) is 4. The van der Waals surface area contributed by atoms with Crippen LogP contribution in [-0.4, -0.2) is 39.2 Å². The van der Waals surface area contributed by atoms with Crippen LogP contribution in [0.4, 0.5) is 13.6 Å². The maximum Gasteiger partial charge on any atom is 0.410 e. The number of amides is 1. The zero-order valence-corrected chi connectivity index (χ0v) is 20.7. The lowest BCUT2D eigenvalue weighted by Crippen LogP contribution is -2.36. The van der Waals surface area contributed by atoms with Crippen molar-refractivity contribution in [3.63, 3.8) is 0 Å². The van der Waals surface area contributed by atoms with Crippen LogP contribution in [0.5, 0.6) is 11.5 Å². The number of fused-ring (bicyclic) bond motifs is 2. The van der Waals surface area contributed by atoms with E-state index in [9.17, 15) is 23.6 Å². The van der Waals surface area contributed by atoms with E-state index in [0.29, 0.717) is 18.6 Å². The van der Waals surface area contributed by atoms with Gasteiger partial charge in [0.15, 0.2) is 11.6 Å². The van der Waals surface area contributed by atoms with Crippen LogP contribution in [0, 0.1) is 34.8 Å². The third-order valence-electron chi connectivity index (χ3n) is 6.92. The summed E-state index contributed by atoms with van der Waals surface area (Å²) >= 11 is 0. The van der Waals surface area contributed by atoms with Gasteiger partial charge in [-0.3, -0.25) is 9.36 Å². The molecule has 2 unspecified atom stereocenters. The third kappa shape index (κ3) is 4.73. The Kier molecular flexibility index (Phi) is 6.10. The summed E-state index contributed by atoms with van der Waals surface area (Å²) in [5, 5.41) is 9.48. The Labute approximate surface area is 212 Å². The lowest BCUT2D eigenvalue weighted by Gasteiger charge is -2.25. The number of carbonyl (C=O) groups excluding carboxylic acids is 1. The fourth-order valence-electron chi connectivity index (χ4n) is 5.26. The Hall–Kier alpha value is -4.00. The average Bonchev–Trinajstić information content (AvgIpc) is 3.41. The summed E-state index contributed by atoms with van der Waals surface area (Å²) in [5.41, 5.74) is -0.949. The minimum atomic E-state index is -0.902. The molecule has 3 aromatic rings. The van der Waals surface area contributed by atoms with Crippen LogP contribution in [-0.2, 0) is 4.74 Å². The Bertz CT molecular complexity index is 1480. The Morgan fingerprint density at radius 1 is 1.11 bits per heavy atom. The minimum absolute atomic E-state index is 0.0735. The van der Waals surface area contributed by atoms with Gasteiger partial charge in [0.2, 0.25) is 0 Å². The molecule has 1 saturated heterocycles. The van der Waals surface area contributed by atoms with E-state index in [2.05, 4.69) is 4.98 Å². The largest absolute Gasteiger partial charge is 0.453 e. The first-order valence-corrected chi connectivity index (χ1v) is 12.1. The highest BCUT2D eigenvalue weighted by Crippen LogP contribution is 2.43. The van der Waals surface area contributed by atoms with Gasteiger partial charge < -0.3 is 14.4 Å². The lowest BCUT2D eigenvalue weighted by atomic mass is 10.0. The number of benzene rings is 2. The molecule has 2 heterocycles. The highest BCUT2D eigenvalue weighted by Gasteiger charge is 2.44. The SMILES string of the molecule is CC(C)(C)OC(=O)N1CC2CC(n3cnc4ccc(Oc5c(F)ccc(F)c5C#N)cc4c3=O)CC2C1. The molecule has 37 heavy (non-hydrogen) atoms. The fourth-order valence-corrected chi connectivity index (χ4v) is 5.26. The van der Waals surface area contributed by atoms with E-state index in [1.165, 1.54) is 18.5 Å². The van der Waals surface area contributed by atoms with Crippen LogP contribution in [0.1, 0.15) is 45.2 Å². The van der Waals surface area contributed by atoms with Crippen LogP contribution in [0.15, 0.2) is 41.5 Å².